The van der Waals surface area contributed by atoms with Crippen LogP contribution < -0.4 is 5.32 Å². The van der Waals surface area contributed by atoms with Crippen LogP contribution in [0.1, 0.15) is 48.8 Å². The molecule has 0 radical (unpaired) electrons. The van der Waals surface area contributed by atoms with Gasteiger partial charge in [-0.25, -0.2) is 13.2 Å². The first-order valence-corrected chi connectivity index (χ1v) is 12.0. The van der Waals surface area contributed by atoms with Crippen molar-refractivity contribution in [3.05, 3.63) is 70.5 Å². The molecule has 4 nitrogen and oxygen atoms in total. The van der Waals surface area contributed by atoms with E-state index >= 15 is 0 Å². The Bertz CT molecular complexity index is 840. The van der Waals surface area contributed by atoms with Crippen molar-refractivity contribution in [3.8, 4) is 0 Å². The molecule has 0 aliphatic heterocycles. The molecule has 0 aliphatic carbocycles. The Morgan fingerprint density at radius 3 is 2.07 bits per heavy atom. The molecule has 2 aromatic carbocycles. The molecule has 0 heterocycles. The second-order valence-corrected chi connectivity index (χ2v) is 9.27. The zero-order valence-electron chi connectivity index (χ0n) is 16.9. The highest BCUT2D eigenvalue weighted by molar-refractivity contribution is 7.51. The van der Waals surface area contributed by atoms with Crippen molar-refractivity contribution in [2.75, 3.05) is 12.7 Å². The van der Waals surface area contributed by atoms with Crippen LogP contribution in [0.5, 0.6) is 0 Å². The van der Waals surface area contributed by atoms with Crippen LogP contribution in [0.15, 0.2) is 36.4 Å². The van der Waals surface area contributed by atoms with Gasteiger partial charge in [-0.3, -0.25) is 4.57 Å². The Labute approximate surface area is 175 Å². The van der Waals surface area contributed by atoms with Gasteiger partial charge in [-0.2, -0.15) is 0 Å². The molecular weight excluding hydrogens is 414 g/mol. The molecule has 3 N–H and O–H groups in total. The number of nitrogens with one attached hydrogen (secondary N) is 1. The topological polar surface area (TPSA) is 69.6 Å². The van der Waals surface area contributed by atoms with Crippen LogP contribution in [-0.4, -0.2) is 22.5 Å². The predicted molar refractivity (Wildman–Crippen MR) is 112 cm³/mol. The van der Waals surface area contributed by atoms with Crippen LogP contribution in [0, 0.1) is 17.5 Å². The minimum absolute atomic E-state index is 0.105. The largest absolute Gasteiger partial charge is 0.325 e. The first kappa shape index (κ1) is 24.6. The second-order valence-electron chi connectivity index (χ2n) is 7.49. The number of hydrogen-bond donors (Lipinski definition) is 3. The standard InChI is InChI=1S/C22H29F3NO3P/c23-20-10-8-17(9-11-20)6-3-1-2-4-7-18-14-22(25)19(15-21(18)24)16-26-12-5-13-30(27,28)29/h8-11,14-15,26H,1-7,12-13,16H2,(H2,27,28,29). The average molecular weight is 443 g/mol. The summed E-state index contributed by atoms with van der Waals surface area (Å²) in [5.41, 5.74) is 1.65. The van der Waals surface area contributed by atoms with Gasteiger partial charge in [-0.15, -0.1) is 0 Å². The van der Waals surface area contributed by atoms with Gasteiger partial charge in [0.15, 0.2) is 0 Å². The molecule has 0 atom stereocenters. The van der Waals surface area contributed by atoms with Gasteiger partial charge >= 0.3 is 7.60 Å². The first-order chi connectivity index (χ1) is 14.2. The predicted octanol–water partition coefficient (Wildman–Crippen LogP) is 5.11. The summed E-state index contributed by atoms with van der Waals surface area (Å²) in [6.07, 6.45) is 4.97. The Balaban J connectivity index is 1.67. The molecule has 30 heavy (non-hydrogen) atoms. The van der Waals surface area contributed by atoms with E-state index in [0.717, 1.165) is 37.7 Å². The maximum absolute atomic E-state index is 14.3. The fraction of sp³-hybridized carbons (Fsp3) is 0.455. The van der Waals surface area contributed by atoms with E-state index in [1.165, 1.54) is 24.3 Å². The van der Waals surface area contributed by atoms with E-state index in [2.05, 4.69) is 5.32 Å². The zero-order chi connectivity index (χ0) is 22.0. The molecule has 8 heteroatoms. The van der Waals surface area contributed by atoms with Crippen LogP contribution in [0.3, 0.4) is 0 Å². The summed E-state index contributed by atoms with van der Waals surface area (Å²) in [6, 6.07) is 8.89. The maximum Gasteiger partial charge on any atom is 0.325 e. The van der Waals surface area contributed by atoms with E-state index in [1.54, 1.807) is 12.1 Å². The molecule has 2 rings (SSSR count). The van der Waals surface area contributed by atoms with Crippen molar-refractivity contribution in [1.82, 2.24) is 5.32 Å². The third-order valence-corrected chi connectivity index (χ3v) is 5.81. The Kier molecular flexibility index (Phi) is 10.1. The Morgan fingerprint density at radius 2 is 1.40 bits per heavy atom. The second kappa shape index (κ2) is 12.3. The molecule has 0 spiro atoms. The van der Waals surface area contributed by atoms with Gasteiger partial charge in [0.2, 0.25) is 0 Å². The quantitative estimate of drug-likeness (QED) is 0.297. The molecule has 0 bridgehead atoms. The zero-order valence-corrected chi connectivity index (χ0v) is 17.8. The summed E-state index contributed by atoms with van der Waals surface area (Å²) in [6.45, 7) is 0.416. The number of unbranched alkanes of at least 4 members (excludes halogenated alkanes) is 3. The molecular formula is C22H29F3NO3P. The SMILES string of the molecule is O=P(O)(O)CCCNCc1cc(F)c(CCCCCCc2ccc(F)cc2)cc1F. The van der Waals surface area contributed by atoms with E-state index < -0.39 is 19.2 Å². The minimum atomic E-state index is -4.03. The smallest absolute Gasteiger partial charge is 0.324 e. The third kappa shape index (κ3) is 9.43. The monoisotopic (exact) mass is 443 g/mol. The van der Waals surface area contributed by atoms with E-state index in [4.69, 9.17) is 9.79 Å². The lowest BCUT2D eigenvalue weighted by Crippen LogP contribution is -2.17. The van der Waals surface area contributed by atoms with Crippen molar-refractivity contribution in [1.29, 1.82) is 0 Å². The van der Waals surface area contributed by atoms with E-state index in [0.29, 0.717) is 18.5 Å². The highest BCUT2D eigenvalue weighted by atomic mass is 31.2. The van der Waals surface area contributed by atoms with Crippen LogP contribution in [-0.2, 0) is 24.0 Å². The van der Waals surface area contributed by atoms with Crippen molar-refractivity contribution in [2.24, 2.45) is 0 Å². The van der Waals surface area contributed by atoms with Crippen LogP contribution in [0.4, 0.5) is 13.2 Å². The normalized spacial score (nSPS) is 11.8. The van der Waals surface area contributed by atoms with Crippen molar-refractivity contribution in [2.45, 2.75) is 51.5 Å². The van der Waals surface area contributed by atoms with Gasteiger partial charge in [0.1, 0.15) is 17.5 Å². The van der Waals surface area contributed by atoms with Crippen molar-refractivity contribution in [3.63, 3.8) is 0 Å². The number of aryl methyl sites for hydroxylation is 2. The van der Waals surface area contributed by atoms with E-state index in [-0.39, 0.29) is 30.5 Å². The van der Waals surface area contributed by atoms with Gasteiger partial charge in [0, 0.05) is 12.1 Å². The highest BCUT2D eigenvalue weighted by Gasteiger charge is 2.12. The number of halogens is 3. The van der Waals surface area contributed by atoms with Gasteiger partial charge in [0.25, 0.3) is 0 Å². The number of benzene rings is 2. The summed E-state index contributed by atoms with van der Waals surface area (Å²) in [5, 5.41) is 2.87. The first-order valence-electron chi connectivity index (χ1n) is 10.2. The minimum Gasteiger partial charge on any atom is -0.324 e. The maximum atomic E-state index is 14.3. The lowest BCUT2D eigenvalue weighted by atomic mass is 10.0. The summed E-state index contributed by atoms with van der Waals surface area (Å²) < 4.78 is 52.1. The molecule has 2 aromatic rings. The average Bonchev–Trinajstić information content (AvgIpc) is 2.68. The van der Waals surface area contributed by atoms with Crippen LogP contribution in [0.2, 0.25) is 0 Å². The number of rotatable bonds is 13. The van der Waals surface area contributed by atoms with Crippen molar-refractivity contribution < 1.29 is 27.5 Å². The third-order valence-electron chi connectivity index (χ3n) is 4.91. The molecule has 0 fully saturated rings. The molecule has 0 unspecified atom stereocenters. The van der Waals surface area contributed by atoms with Gasteiger partial charge in [-0.1, -0.05) is 25.0 Å². The Morgan fingerprint density at radius 1 is 0.800 bits per heavy atom. The summed E-state index contributed by atoms with van der Waals surface area (Å²) in [7, 11) is -4.03. The fourth-order valence-electron chi connectivity index (χ4n) is 3.24. The van der Waals surface area contributed by atoms with E-state index in [1.807, 2.05) is 0 Å². The van der Waals surface area contributed by atoms with Crippen LogP contribution in [0.25, 0.3) is 0 Å². The van der Waals surface area contributed by atoms with E-state index in [9.17, 15) is 17.7 Å². The summed E-state index contributed by atoms with van der Waals surface area (Å²) in [4.78, 5) is 17.6. The fourth-order valence-corrected chi connectivity index (χ4v) is 3.81. The van der Waals surface area contributed by atoms with Gasteiger partial charge in [0.05, 0.1) is 6.16 Å². The Hall–Kier alpha value is -1.66. The lowest BCUT2D eigenvalue weighted by Gasteiger charge is -2.10. The molecule has 0 aromatic heterocycles. The molecule has 166 valence electrons. The highest BCUT2D eigenvalue weighted by Crippen LogP contribution is 2.34. The lowest BCUT2D eigenvalue weighted by molar-refractivity contribution is 0.371. The van der Waals surface area contributed by atoms with Crippen molar-refractivity contribution >= 4 is 7.60 Å². The number of hydrogen-bond acceptors (Lipinski definition) is 2. The van der Waals surface area contributed by atoms with Gasteiger partial charge in [-0.05, 0) is 74.0 Å². The van der Waals surface area contributed by atoms with Crippen LogP contribution >= 0.6 is 7.60 Å². The van der Waals surface area contributed by atoms with Gasteiger partial charge < -0.3 is 15.1 Å². The molecule has 0 saturated heterocycles. The summed E-state index contributed by atoms with van der Waals surface area (Å²) in [5.74, 6) is -1.16. The molecule has 0 saturated carbocycles. The molecule has 0 amide bonds. The summed E-state index contributed by atoms with van der Waals surface area (Å²) >= 11 is 0. The molecule has 0 aliphatic rings.